The number of hydrogen-bond donors (Lipinski definition) is 1. The Morgan fingerprint density at radius 2 is 1.57 bits per heavy atom. The number of amides is 1. The Morgan fingerprint density at radius 3 is 2.29 bits per heavy atom. The van der Waals surface area contributed by atoms with Gasteiger partial charge in [0.25, 0.3) is 15.9 Å². The molecule has 0 bridgehead atoms. The summed E-state index contributed by atoms with van der Waals surface area (Å²) in [4.78, 5) is 18.3. The fourth-order valence-electron chi connectivity index (χ4n) is 3.52. The molecule has 0 unspecified atom stereocenters. The van der Waals surface area contributed by atoms with E-state index in [9.17, 15) is 13.2 Å². The fraction of sp³-hybridized carbons (Fsp3) is 0.280. The van der Waals surface area contributed by atoms with Crippen LogP contribution < -0.4 is 23.8 Å². The minimum absolute atomic E-state index is 0.0559. The number of sulfonamides is 1. The summed E-state index contributed by atoms with van der Waals surface area (Å²) in [6.07, 6.45) is 4.99. The molecule has 0 spiro atoms. The first-order valence-electron chi connectivity index (χ1n) is 11.1. The molecule has 0 atom stereocenters. The molecule has 2 aromatic carbocycles. The standard InChI is InChI=1S/C18H17NO6S.C7H10N2/c20-18(13-2-4-15-12(10-13)6-9-25-15)19-26(21,22)14-3-5-16-17(11-14)24-8-1-7-23-16;1-9(2)7-3-5-8-6-4-7/h2-5,10-11H,1,6-9H2,(H,19,20);3-6H,1-2H3. The molecule has 3 heterocycles. The fourth-order valence-corrected chi connectivity index (χ4v) is 4.51. The topological polar surface area (TPSA) is 107 Å². The van der Waals surface area contributed by atoms with E-state index >= 15 is 0 Å². The average molecular weight is 498 g/mol. The van der Waals surface area contributed by atoms with E-state index in [1.807, 2.05) is 31.1 Å². The van der Waals surface area contributed by atoms with Crippen molar-refractivity contribution in [2.24, 2.45) is 0 Å². The van der Waals surface area contributed by atoms with Crippen molar-refractivity contribution in [3.05, 3.63) is 72.1 Å². The Morgan fingerprint density at radius 1 is 0.886 bits per heavy atom. The quantitative estimate of drug-likeness (QED) is 0.586. The highest BCUT2D eigenvalue weighted by molar-refractivity contribution is 7.90. The average Bonchev–Trinajstić information content (AvgIpc) is 3.20. The summed E-state index contributed by atoms with van der Waals surface area (Å²) in [6, 6.07) is 13.1. The minimum atomic E-state index is -4.03. The SMILES string of the molecule is CN(C)c1ccncc1.O=C(NS(=O)(=O)c1ccc2c(c1)OCCCO2)c1ccc2c(c1)CCO2. The van der Waals surface area contributed by atoms with Crippen LogP contribution in [0.5, 0.6) is 17.2 Å². The van der Waals surface area contributed by atoms with Crippen LogP contribution in [0, 0.1) is 0 Å². The maximum atomic E-state index is 12.6. The van der Waals surface area contributed by atoms with Gasteiger partial charge in [0.1, 0.15) is 5.75 Å². The van der Waals surface area contributed by atoms with Gasteiger partial charge in [-0.1, -0.05) is 0 Å². The maximum Gasteiger partial charge on any atom is 0.265 e. The lowest BCUT2D eigenvalue weighted by Crippen LogP contribution is -2.30. The Bertz CT molecular complexity index is 1300. The van der Waals surface area contributed by atoms with Crippen molar-refractivity contribution >= 4 is 21.6 Å². The molecule has 2 aliphatic rings. The lowest BCUT2D eigenvalue weighted by molar-refractivity contribution is 0.0981. The molecular formula is C25H27N3O6S. The maximum absolute atomic E-state index is 12.6. The molecule has 3 aromatic rings. The Kier molecular flexibility index (Phi) is 7.40. The molecule has 184 valence electrons. The van der Waals surface area contributed by atoms with E-state index in [-0.39, 0.29) is 10.5 Å². The first-order chi connectivity index (χ1) is 16.8. The third-order valence-corrected chi connectivity index (χ3v) is 6.72. The van der Waals surface area contributed by atoms with Crippen LogP contribution >= 0.6 is 0 Å². The van der Waals surface area contributed by atoms with Crippen molar-refractivity contribution in [2.45, 2.75) is 17.7 Å². The summed E-state index contributed by atoms with van der Waals surface area (Å²) in [6.45, 7) is 1.52. The highest BCUT2D eigenvalue weighted by Crippen LogP contribution is 2.32. The van der Waals surface area contributed by atoms with Crippen molar-refractivity contribution in [3.63, 3.8) is 0 Å². The third-order valence-electron chi connectivity index (χ3n) is 5.39. The number of rotatable bonds is 4. The van der Waals surface area contributed by atoms with Gasteiger partial charge in [0.2, 0.25) is 0 Å². The minimum Gasteiger partial charge on any atom is -0.493 e. The van der Waals surface area contributed by atoms with Gasteiger partial charge in [-0.15, -0.1) is 0 Å². The zero-order chi connectivity index (χ0) is 24.8. The molecule has 0 fully saturated rings. The van der Waals surface area contributed by atoms with Crippen molar-refractivity contribution in [1.29, 1.82) is 0 Å². The summed E-state index contributed by atoms with van der Waals surface area (Å²) in [5, 5.41) is 0. The molecule has 0 saturated heterocycles. The van der Waals surface area contributed by atoms with Gasteiger partial charge in [0.05, 0.1) is 24.7 Å². The Labute approximate surface area is 204 Å². The molecule has 1 N–H and O–H groups in total. The van der Waals surface area contributed by atoms with Gasteiger partial charge in [-0.25, -0.2) is 13.1 Å². The van der Waals surface area contributed by atoms with Gasteiger partial charge in [-0.05, 0) is 48.0 Å². The van der Waals surface area contributed by atoms with Crippen LogP contribution in [-0.4, -0.2) is 53.2 Å². The Hall–Kier alpha value is -3.79. The molecule has 35 heavy (non-hydrogen) atoms. The van der Waals surface area contributed by atoms with Crippen LogP contribution in [0.3, 0.4) is 0 Å². The second kappa shape index (κ2) is 10.6. The van der Waals surface area contributed by atoms with Crippen LogP contribution in [-0.2, 0) is 16.4 Å². The number of hydrogen-bond acceptors (Lipinski definition) is 8. The molecular weight excluding hydrogens is 470 g/mol. The molecule has 0 aliphatic carbocycles. The molecule has 0 radical (unpaired) electrons. The van der Waals surface area contributed by atoms with Gasteiger partial charge in [0.15, 0.2) is 11.5 Å². The second-order valence-corrected chi connectivity index (χ2v) is 9.80. The summed E-state index contributed by atoms with van der Waals surface area (Å²) in [5.41, 5.74) is 2.35. The summed E-state index contributed by atoms with van der Waals surface area (Å²) >= 11 is 0. The molecule has 5 rings (SSSR count). The van der Waals surface area contributed by atoms with Gasteiger partial charge in [-0.3, -0.25) is 9.78 Å². The van der Waals surface area contributed by atoms with Gasteiger partial charge >= 0.3 is 0 Å². The van der Waals surface area contributed by atoms with Crippen LogP contribution in [0.25, 0.3) is 0 Å². The molecule has 1 aromatic heterocycles. The van der Waals surface area contributed by atoms with Crippen LogP contribution in [0.15, 0.2) is 65.8 Å². The monoisotopic (exact) mass is 497 g/mol. The van der Waals surface area contributed by atoms with E-state index in [0.29, 0.717) is 37.7 Å². The van der Waals surface area contributed by atoms with E-state index in [1.165, 1.54) is 23.9 Å². The number of fused-ring (bicyclic) bond motifs is 2. The molecule has 2 aliphatic heterocycles. The number of nitrogens with zero attached hydrogens (tertiary/aromatic N) is 2. The smallest absolute Gasteiger partial charge is 0.265 e. The van der Waals surface area contributed by atoms with E-state index in [1.54, 1.807) is 30.6 Å². The molecule has 0 saturated carbocycles. The number of pyridine rings is 1. The number of ether oxygens (including phenoxy) is 3. The number of benzene rings is 2. The number of nitrogens with one attached hydrogen (secondary N) is 1. The summed E-state index contributed by atoms with van der Waals surface area (Å²) in [5.74, 6) is 0.887. The van der Waals surface area contributed by atoms with Crippen LogP contribution in [0.2, 0.25) is 0 Å². The Balaban J connectivity index is 0.000000271. The number of anilines is 1. The highest BCUT2D eigenvalue weighted by atomic mass is 32.2. The van der Waals surface area contributed by atoms with Crippen molar-refractivity contribution in [3.8, 4) is 17.2 Å². The molecule has 10 heteroatoms. The van der Waals surface area contributed by atoms with Crippen molar-refractivity contribution in [1.82, 2.24) is 9.71 Å². The van der Waals surface area contributed by atoms with Crippen LogP contribution in [0.4, 0.5) is 5.69 Å². The number of carbonyl (C=O) groups is 1. The zero-order valence-electron chi connectivity index (χ0n) is 19.6. The van der Waals surface area contributed by atoms with E-state index in [0.717, 1.165) is 17.7 Å². The first-order valence-corrected chi connectivity index (χ1v) is 12.6. The van der Waals surface area contributed by atoms with E-state index in [2.05, 4.69) is 9.71 Å². The van der Waals surface area contributed by atoms with E-state index < -0.39 is 15.9 Å². The largest absolute Gasteiger partial charge is 0.493 e. The number of aromatic nitrogens is 1. The predicted octanol–water partition coefficient (Wildman–Crippen LogP) is 3.05. The van der Waals surface area contributed by atoms with E-state index in [4.69, 9.17) is 14.2 Å². The van der Waals surface area contributed by atoms with Crippen LogP contribution in [0.1, 0.15) is 22.3 Å². The summed E-state index contributed by atoms with van der Waals surface area (Å²) in [7, 11) is -0.0149. The third kappa shape index (κ3) is 6.02. The normalized spacial score (nSPS) is 13.9. The second-order valence-electron chi connectivity index (χ2n) is 8.11. The van der Waals surface area contributed by atoms with Gasteiger partial charge in [-0.2, -0.15) is 0 Å². The molecule has 9 nitrogen and oxygen atoms in total. The lowest BCUT2D eigenvalue weighted by Gasteiger charge is -2.11. The number of carbonyl (C=O) groups excluding carboxylic acids is 1. The lowest BCUT2D eigenvalue weighted by atomic mass is 10.1. The van der Waals surface area contributed by atoms with Gasteiger partial charge < -0.3 is 19.1 Å². The van der Waals surface area contributed by atoms with Crippen molar-refractivity contribution < 1.29 is 27.4 Å². The van der Waals surface area contributed by atoms with Gasteiger partial charge in [0, 0.05) is 56.6 Å². The highest BCUT2D eigenvalue weighted by Gasteiger charge is 2.23. The first kappa shape index (κ1) is 24.3. The summed E-state index contributed by atoms with van der Waals surface area (Å²) < 4.78 is 43.6. The predicted molar refractivity (Wildman–Crippen MR) is 131 cm³/mol. The zero-order valence-corrected chi connectivity index (χ0v) is 20.4. The molecule has 1 amide bonds. The van der Waals surface area contributed by atoms with Crippen molar-refractivity contribution in [2.75, 3.05) is 38.8 Å².